The lowest BCUT2D eigenvalue weighted by molar-refractivity contribution is -0.137. The van der Waals surface area contributed by atoms with Crippen molar-refractivity contribution in [2.45, 2.75) is 53.8 Å². The number of likely N-dealkylation sites (tertiary alicyclic amines) is 1. The summed E-state index contributed by atoms with van der Waals surface area (Å²) in [6.45, 7) is 0.337. The van der Waals surface area contributed by atoms with E-state index in [4.69, 9.17) is 0 Å². The molecule has 2 aromatic carbocycles. The zero-order chi connectivity index (χ0) is 31.4. The van der Waals surface area contributed by atoms with E-state index in [1.807, 2.05) is 6.26 Å². The van der Waals surface area contributed by atoms with Crippen LogP contribution in [0, 0.1) is 5.92 Å². The van der Waals surface area contributed by atoms with Gasteiger partial charge in [-0.1, -0.05) is 0 Å². The number of aliphatic hydroxyl groups excluding tert-OH is 1. The quantitative estimate of drug-likeness (QED) is 0.307. The molecular weight excluding hydrogens is 609 g/mol. The maximum Gasteiger partial charge on any atom is 0.416 e. The van der Waals surface area contributed by atoms with E-state index in [-0.39, 0.29) is 22.8 Å². The first-order valence-electron chi connectivity index (χ1n) is 13.7. The third-order valence-corrected chi connectivity index (χ3v) is 10.2. The Morgan fingerprint density at radius 1 is 1.07 bits per heavy atom. The third-order valence-electron chi connectivity index (χ3n) is 7.55. The van der Waals surface area contributed by atoms with Crippen LogP contribution in [0.15, 0.2) is 52.3 Å². The summed E-state index contributed by atoms with van der Waals surface area (Å²) in [6, 6.07) is 7.51. The molecule has 4 rings (SSSR count). The van der Waals surface area contributed by atoms with Gasteiger partial charge in [-0.3, -0.25) is 9.59 Å². The highest BCUT2D eigenvalue weighted by atomic mass is 32.2. The summed E-state index contributed by atoms with van der Waals surface area (Å²) in [5, 5.41) is 17.6. The summed E-state index contributed by atoms with van der Waals surface area (Å²) in [6.07, 6.45) is -2.05. The Labute approximate surface area is 251 Å². The summed E-state index contributed by atoms with van der Waals surface area (Å²) in [4.78, 5) is 40.6. The molecule has 10 nitrogen and oxygen atoms in total. The molecule has 0 unspecified atom stereocenters. The van der Waals surface area contributed by atoms with Crippen molar-refractivity contribution >= 4 is 45.1 Å². The number of anilines is 1. The smallest absolute Gasteiger partial charge is 0.393 e. The number of urea groups is 1. The Morgan fingerprint density at radius 3 is 2.37 bits per heavy atom. The topological polar surface area (TPSA) is 145 Å². The van der Waals surface area contributed by atoms with Crippen LogP contribution in [-0.4, -0.2) is 80.1 Å². The van der Waals surface area contributed by atoms with Crippen LogP contribution in [0.25, 0.3) is 0 Å². The maximum absolute atomic E-state index is 13.4. The van der Waals surface area contributed by atoms with Crippen molar-refractivity contribution in [3.8, 4) is 0 Å². The number of nitrogens with zero attached hydrogens (tertiary/aromatic N) is 1. The molecule has 0 radical (unpaired) electrons. The van der Waals surface area contributed by atoms with Crippen LogP contribution in [0.2, 0.25) is 0 Å². The average molecular weight is 643 g/mol. The van der Waals surface area contributed by atoms with Gasteiger partial charge in [-0.2, -0.15) is 13.2 Å². The Morgan fingerprint density at radius 2 is 1.77 bits per heavy atom. The van der Waals surface area contributed by atoms with Crippen LogP contribution in [-0.2, 0) is 20.8 Å². The normalized spacial score (nSPS) is 20.6. The highest BCUT2D eigenvalue weighted by Crippen LogP contribution is 2.32. The second kappa shape index (κ2) is 13.6. The van der Waals surface area contributed by atoms with Crippen molar-refractivity contribution in [2.24, 2.45) is 5.92 Å². The van der Waals surface area contributed by atoms with Crippen LogP contribution in [0.5, 0.6) is 0 Å². The largest absolute Gasteiger partial charge is 0.416 e. The standard InChI is InChI=1S/C28H33F3N4O6S2/c1-42-20-6-8-21(9-7-20)43(40,41)16-17-3-5-19(36)14-24(17)33-25(37)15-32-26(38)22-13-18(28(29,30)31)4-10-23(22)34-27(39)35-11-2-12-35/h4,6-10,13,17,19,24,36H,2-3,5,11-12,14-16H2,1H3,(H,32,38)(H,33,37)(H,34,39)/t17-,19+,24-/m0/s1. The maximum atomic E-state index is 13.4. The molecule has 0 aromatic heterocycles. The highest BCUT2D eigenvalue weighted by molar-refractivity contribution is 7.98. The molecule has 1 saturated heterocycles. The van der Waals surface area contributed by atoms with E-state index >= 15 is 0 Å². The van der Waals surface area contributed by atoms with E-state index in [1.165, 1.54) is 28.8 Å². The van der Waals surface area contributed by atoms with Gasteiger partial charge < -0.3 is 26.0 Å². The SMILES string of the molecule is CSc1ccc(S(=O)(=O)C[C@@H]2CC[C@@H](O)C[C@@H]2NC(=O)CNC(=O)c2cc(C(F)(F)F)ccc2NC(=O)N2CCC2)cc1. The van der Waals surface area contributed by atoms with Gasteiger partial charge in [0.1, 0.15) is 0 Å². The number of sulfone groups is 1. The van der Waals surface area contributed by atoms with Gasteiger partial charge in [0, 0.05) is 24.0 Å². The van der Waals surface area contributed by atoms with E-state index in [0.29, 0.717) is 32.0 Å². The molecule has 0 bridgehead atoms. The predicted octanol–water partition coefficient (Wildman–Crippen LogP) is 3.51. The minimum atomic E-state index is -4.75. The lowest BCUT2D eigenvalue weighted by Crippen LogP contribution is -2.50. The minimum absolute atomic E-state index is 0.103. The number of hydrogen-bond acceptors (Lipinski definition) is 7. The number of rotatable bonds is 9. The average Bonchev–Trinajstić information content (AvgIpc) is 2.91. The molecule has 1 saturated carbocycles. The fourth-order valence-corrected chi connectivity index (χ4v) is 7.11. The summed E-state index contributed by atoms with van der Waals surface area (Å²) in [5.74, 6) is -2.51. The molecule has 15 heteroatoms. The van der Waals surface area contributed by atoms with Gasteiger partial charge in [0.25, 0.3) is 5.91 Å². The number of thioether (sulfide) groups is 1. The van der Waals surface area contributed by atoms with Crippen LogP contribution in [0.3, 0.4) is 0 Å². The van der Waals surface area contributed by atoms with Crippen LogP contribution < -0.4 is 16.0 Å². The molecular formula is C28H33F3N4O6S2. The first-order chi connectivity index (χ1) is 20.3. The van der Waals surface area contributed by atoms with Gasteiger partial charge in [-0.15, -0.1) is 11.8 Å². The van der Waals surface area contributed by atoms with Crippen molar-refractivity contribution in [2.75, 3.05) is 37.0 Å². The number of alkyl halides is 3. The Hall–Kier alpha value is -3.30. The summed E-state index contributed by atoms with van der Waals surface area (Å²) >= 11 is 1.48. The van der Waals surface area contributed by atoms with Gasteiger partial charge in [0.05, 0.1) is 40.1 Å². The Bertz CT molecular complexity index is 1450. The van der Waals surface area contributed by atoms with E-state index in [0.717, 1.165) is 23.4 Å². The molecule has 4 amide bonds. The highest BCUT2D eigenvalue weighted by Gasteiger charge is 2.35. The van der Waals surface area contributed by atoms with Crippen molar-refractivity contribution in [1.82, 2.24) is 15.5 Å². The van der Waals surface area contributed by atoms with E-state index in [2.05, 4.69) is 16.0 Å². The van der Waals surface area contributed by atoms with E-state index < -0.39 is 69.6 Å². The molecule has 4 N–H and O–H groups in total. The van der Waals surface area contributed by atoms with Crippen LogP contribution in [0.4, 0.5) is 23.7 Å². The monoisotopic (exact) mass is 642 g/mol. The Kier molecular flexibility index (Phi) is 10.3. The lowest BCUT2D eigenvalue weighted by Gasteiger charge is -2.34. The number of aliphatic hydroxyl groups is 1. The first kappa shape index (κ1) is 32.6. The van der Waals surface area contributed by atoms with E-state index in [9.17, 15) is 41.1 Å². The number of hydrogen-bond donors (Lipinski definition) is 4. The molecule has 2 fully saturated rings. The summed E-state index contributed by atoms with van der Waals surface area (Å²) in [5.41, 5.74) is -1.72. The van der Waals surface area contributed by atoms with Gasteiger partial charge >= 0.3 is 12.2 Å². The minimum Gasteiger partial charge on any atom is -0.393 e. The number of halogens is 3. The molecule has 1 aliphatic heterocycles. The molecule has 1 heterocycles. The number of benzene rings is 2. The zero-order valence-corrected chi connectivity index (χ0v) is 24.9. The zero-order valence-electron chi connectivity index (χ0n) is 23.3. The third kappa shape index (κ3) is 8.42. The van der Waals surface area contributed by atoms with Crippen molar-refractivity contribution in [3.63, 3.8) is 0 Å². The number of carbonyl (C=O) groups is 3. The second-order valence-electron chi connectivity index (χ2n) is 10.6. The molecule has 0 spiro atoms. The fourth-order valence-electron chi connectivity index (χ4n) is 4.99. The fraction of sp³-hybridized carbons (Fsp3) is 0.464. The van der Waals surface area contributed by atoms with Crippen molar-refractivity contribution < 1.29 is 41.1 Å². The summed E-state index contributed by atoms with van der Waals surface area (Å²) < 4.78 is 66.3. The van der Waals surface area contributed by atoms with Crippen LogP contribution >= 0.6 is 11.8 Å². The summed E-state index contributed by atoms with van der Waals surface area (Å²) in [7, 11) is -3.71. The molecule has 1 aliphatic carbocycles. The first-order valence-corrected chi connectivity index (χ1v) is 16.5. The Balaban J connectivity index is 1.42. The van der Waals surface area contributed by atoms with Crippen LogP contribution in [0.1, 0.15) is 41.6 Å². The van der Waals surface area contributed by atoms with Gasteiger partial charge in [0.15, 0.2) is 9.84 Å². The lowest BCUT2D eigenvalue weighted by atomic mass is 9.84. The van der Waals surface area contributed by atoms with Crippen molar-refractivity contribution in [3.05, 3.63) is 53.6 Å². The predicted molar refractivity (Wildman–Crippen MR) is 155 cm³/mol. The second-order valence-corrected chi connectivity index (χ2v) is 13.5. The van der Waals surface area contributed by atoms with Gasteiger partial charge in [-0.25, -0.2) is 13.2 Å². The molecule has 2 aliphatic rings. The number of nitrogens with one attached hydrogen (secondary N) is 3. The molecule has 43 heavy (non-hydrogen) atoms. The number of amides is 4. The molecule has 3 atom stereocenters. The van der Waals surface area contributed by atoms with Crippen molar-refractivity contribution in [1.29, 1.82) is 0 Å². The van der Waals surface area contributed by atoms with Gasteiger partial charge in [0.2, 0.25) is 5.91 Å². The number of carbonyl (C=O) groups excluding carboxylic acids is 3. The van der Waals surface area contributed by atoms with E-state index in [1.54, 1.807) is 12.1 Å². The molecule has 2 aromatic rings. The molecule has 234 valence electrons. The van der Waals surface area contributed by atoms with Gasteiger partial charge in [-0.05, 0) is 80.3 Å².